The maximum absolute atomic E-state index is 14.0. The van der Waals surface area contributed by atoms with Crippen LogP contribution in [-0.2, 0) is 39.3 Å². The van der Waals surface area contributed by atoms with Crippen LogP contribution in [-0.4, -0.2) is 38.9 Å². The van der Waals surface area contributed by atoms with E-state index in [4.69, 9.17) is 0 Å². The zero-order valence-corrected chi connectivity index (χ0v) is 20.3. The lowest BCUT2D eigenvalue weighted by Gasteiger charge is -2.30. The summed E-state index contributed by atoms with van der Waals surface area (Å²) < 4.78 is 0. The third kappa shape index (κ3) is 3.43. The normalized spacial score (nSPS) is 26.0. The fraction of sp³-hybridized carbons (Fsp3) is 0.276. The molecular weight excluding hydrogens is 470 g/mol. The van der Waals surface area contributed by atoms with Crippen molar-refractivity contribution >= 4 is 23.4 Å². The second-order valence-electron chi connectivity index (χ2n) is 10.0. The molecule has 37 heavy (non-hydrogen) atoms. The molecule has 8 heteroatoms. The van der Waals surface area contributed by atoms with Gasteiger partial charge in [-0.15, -0.1) is 0 Å². The molecule has 2 saturated heterocycles. The number of aromatic hydroxyl groups is 2. The molecular formula is C29H27N3O5. The van der Waals surface area contributed by atoms with E-state index in [0.717, 1.165) is 17.5 Å². The molecule has 3 amide bonds. The van der Waals surface area contributed by atoms with E-state index in [1.54, 1.807) is 6.07 Å². The van der Waals surface area contributed by atoms with E-state index in [2.05, 4.69) is 10.6 Å². The van der Waals surface area contributed by atoms with Crippen LogP contribution in [0.3, 0.4) is 0 Å². The van der Waals surface area contributed by atoms with Crippen LogP contribution < -0.4 is 10.6 Å². The zero-order valence-electron chi connectivity index (χ0n) is 20.3. The number of carbonyl (C=O) groups is 3. The Labute approximate surface area is 213 Å². The van der Waals surface area contributed by atoms with Crippen molar-refractivity contribution < 1.29 is 24.6 Å². The number of nitrogens with zero attached hydrogens (tertiary/aromatic N) is 1. The molecule has 0 aromatic heterocycles. The highest BCUT2D eigenvalue weighted by atomic mass is 16.3. The predicted molar refractivity (Wildman–Crippen MR) is 136 cm³/mol. The Morgan fingerprint density at radius 3 is 2.35 bits per heavy atom. The smallest absolute Gasteiger partial charge is 0.250 e. The Kier molecular flexibility index (Phi) is 5.31. The molecule has 3 aromatic rings. The number of anilines is 1. The summed E-state index contributed by atoms with van der Waals surface area (Å²) in [4.78, 5) is 42.8. The number of aryl methyl sites for hydroxylation is 1. The molecule has 3 aromatic carbocycles. The largest absolute Gasteiger partial charge is 0.504 e. The molecule has 2 fully saturated rings. The van der Waals surface area contributed by atoms with Crippen molar-refractivity contribution in [2.45, 2.75) is 37.9 Å². The van der Waals surface area contributed by atoms with E-state index in [0.29, 0.717) is 16.8 Å². The first-order chi connectivity index (χ1) is 17.8. The van der Waals surface area contributed by atoms with Crippen LogP contribution in [0, 0.1) is 11.8 Å². The Hall–Kier alpha value is -4.17. The van der Waals surface area contributed by atoms with Crippen LogP contribution in [0.15, 0.2) is 66.7 Å². The molecule has 0 bridgehead atoms. The number of hydrogen-bond acceptors (Lipinski definition) is 6. The third-order valence-corrected chi connectivity index (χ3v) is 7.96. The number of nitrogens with one attached hydrogen (secondary N) is 2. The van der Waals surface area contributed by atoms with E-state index in [9.17, 15) is 24.6 Å². The van der Waals surface area contributed by atoms with E-state index in [1.807, 2.05) is 55.5 Å². The Bertz CT molecular complexity index is 1440. The van der Waals surface area contributed by atoms with Gasteiger partial charge < -0.3 is 15.5 Å². The number of rotatable bonds is 5. The van der Waals surface area contributed by atoms with Crippen LogP contribution in [0.5, 0.6) is 11.5 Å². The van der Waals surface area contributed by atoms with Crippen LogP contribution in [0.25, 0.3) is 0 Å². The van der Waals surface area contributed by atoms with Gasteiger partial charge in [-0.3, -0.25) is 24.6 Å². The van der Waals surface area contributed by atoms with Gasteiger partial charge in [0.15, 0.2) is 11.5 Å². The fourth-order valence-corrected chi connectivity index (χ4v) is 6.18. The molecule has 4 atom stereocenters. The number of fused-ring (bicyclic) bond motifs is 4. The highest BCUT2D eigenvalue weighted by molar-refractivity contribution is 6.15. The third-order valence-electron chi connectivity index (χ3n) is 7.96. The Balaban J connectivity index is 1.46. The first-order valence-corrected chi connectivity index (χ1v) is 12.5. The van der Waals surface area contributed by atoms with E-state index in [1.165, 1.54) is 17.0 Å². The number of benzene rings is 3. The summed E-state index contributed by atoms with van der Waals surface area (Å²) in [5.74, 6) is -3.21. The summed E-state index contributed by atoms with van der Waals surface area (Å²) in [7, 11) is 0. The summed E-state index contributed by atoms with van der Waals surface area (Å²) in [6, 6.07) is 19.0. The SMILES string of the molecule is CCc1ccc2c(c1)C1(NC(Cc3ccc(O)c(O)c3)C3C(=O)N(Cc4ccccc4)C(=O)C31)C(=O)N2. The van der Waals surface area contributed by atoms with Gasteiger partial charge in [0.05, 0.1) is 18.4 Å². The maximum atomic E-state index is 14.0. The Morgan fingerprint density at radius 2 is 1.62 bits per heavy atom. The summed E-state index contributed by atoms with van der Waals surface area (Å²) in [6.07, 6.45) is 1.04. The van der Waals surface area contributed by atoms with Gasteiger partial charge in [-0.25, -0.2) is 0 Å². The predicted octanol–water partition coefficient (Wildman–Crippen LogP) is 2.82. The number of carbonyl (C=O) groups excluding carboxylic acids is 3. The molecule has 4 N–H and O–H groups in total. The van der Waals surface area contributed by atoms with Gasteiger partial charge in [0.25, 0.3) is 0 Å². The lowest BCUT2D eigenvalue weighted by atomic mass is 9.76. The summed E-state index contributed by atoms with van der Waals surface area (Å²) in [5, 5.41) is 26.1. The minimum Gasteiger partial charge on any atom is -0.504 e. The maximum Gasteiger partial charge on any atom is 0.250 e. The molecule has 3 aliphatic heterocycles. The number of likely N-dealkylation sites (tertiary alicyclic amines) is 1. The summed E-state index contributed by atoms with van der Waals surface area (Å²) in [5.41, 5.74) is 2.47. The summed E-state index contributed by atoms with van der Waals surface area (Å²) in [6.45, 7) is 2.16. The molecule has 0 saturated carbocycles. The Morgan fingerprint density at radius 1 is 0.865 bits per heavy atom. The van der Waals surface area contributed by atoms with Gasteiger partial charge in [-0.1, -0.05) is 55.5 Å². The first kappa shape index (κ1) is 23.2. The van der Waals surface area contributed by atoms with Crippen molar-refractivity contribution in [3.05, 3.63) is 89.0 Å². The highest BCUT2D eigenvalue weighted by Crippen LogP contribution is 2.53. The molecule has 3 aliphatic rings. The summed E-state index contributed by atoms with van der Waals surface area (Å²) >= 11 is 0. The average molecular weight is 498 g/mol. The van der Waals surface area contributed by atoms with Crippen LogP contribution in [0.4, 0.5) is 5.69 Å². The van der Waals surface area contributed by atoms with Crippen LogP contribution >= 0.6 is 0 Å². The van der Waals surface area contributed by atoms with E-state index < -0.39 is 23.4 Å². The average Bonchev–Trinajstić information content (AvgIpc) is 3.47. The number of amides is 3. The quantitative estimate of drug-likeness (QED) is 0.318. The monoisotopic (exact) mass is 497 g/mol. The second kappa shape index (κ2) is 8.45. The molecule has 8 nitrogen and oxygen atoms in total. The second-order valence-corrected chi connectivity index (χ2v) is 10.0. The van der Waals surface area contributed by atoms with Crippen molar-refractivity contribution in [2.24, 2.45) is 11.8 Å². The molecule has 6 rings (SSSR count). The minimum atomic E-state index is -1.38. The topological polar surface area (TPSA) is 119 Å². The van der Waals surface area contributed by atoms with Crippen LogP contribution in [0.1, 0.15) is 29.2 Å². The van der Waals surface area contributed by atoms with Gasteiger partial charge in [0.2, 0.25) is 17.7 Å². The number of imide groups is 1. The van der Waals surface area contributed by atoms with Crippen molar-refractivity contribution in [1.82, 2.24) is 10.2 Å². The van der Waals surface area contributed by atoms with Crippen LogP contribution in [0.2, 0.25) is 0 Å². The molecule has 0 aliphatic carbocycles. The first-order valence-electron chi connectivity index (χ1n) is 12.5. The van der Waals surface area contributed by atoms with Gasteiger partial charge in [-0.2, -0.15) is 0 Å². The number of phenolic OH excluding ortho intramolecular Hbond substituents is 2. The van der Waals surface area contributed by atoms with Crippen molar-refractivity contribution in [3.63, 3.8) is 0 Å². The molecule has 188 valence electrons. The number of hydrogen-bond donors (Lipinski definition) is 4. The van der Waals surface area contributed by atoms with Crippen molar-refractivity contribution in [3.8, 4) is 11.5 Å². The van der Waals surface area contributed by atoms with Gasteiger partial charge >= 0.3 is 0 Å². The van der Waals surface area contributed by atoms with Crippen molar-refractivity contribution in [1.29, 1.82) is 0 Å². The lowest BCUT2D eigenvalue weighted by Crippen LogP contribution is -2.53. The molecule has 1 spiro atoms. The van der Waals surface area contributed by atoms with Gasteiger partial charge in [-0.05, 0) is 47.7 Å². The van der Waals surface area contributed by atoms with Crippen molar-refractivity contribution in [2.75, 3.05) is 5.32 Å². The highest BCUT2D eigenvalue weighted by Gasteiger charge is 2.70. The molecule has 3 heterocycles. The van der Waals surface area contributed by atoms with Gasteiger partial charge in [0.1, 0.15) is 5.54 Å². The van der Waals surface area contributed by atoms with E-state index in [-0.39, 0.29) is 42.2 Å². The lowest BCUT2D eigenvalue weighted by molar-refractivity contribution is -0.143. The van der Waals surface area contributed by atoms with Gasteiger partial charge in [0, 0.05) is 17.3 Å². The standard InChI is InChI=1S/C29H27N3O5/c1-2-16-8-10-20-19(12-16)29(28(37)30-20)25-24(21(31-29)13-18-9-11-22(33)23(34)14-18)26(35)32(27(25)36)15-17-6-4-3-5-7-17/h3-12,14,21,24-25,31,33-34H,2,13,15H2,1H3,(H,30,37). The number of phenols is 2. The van der Waals surface area contributed by atoms with E-state index >= 15 is 0 Å². The minimum absolute atomic E-state index is 0.137. The molecule has 0 radical (unpaired) electrons. The molecule has 4 unspecified atom stereocenters. The zero-order chi connectivity index (χ0) is 25.9. The fourth-order valence-electron chi connectivity index (χ4n) is 6.18.